The summed E-state index contributed by atoms with van der Waals surface area (Å²) in [5.41, 5.74) is 0.189. The predicted molar refractivity (Wildman–Crippen MR) is 78.8 cm³/mol. The molecule has 1 N–H and O–H groups in total. The summed E-state index contributed by atoms with van der Waals surface area (Å²) in [6.45, 7) is 5.35. The molecule has 1 atom stereocenters. The topological polar surface area (TPSA) is 15.3 Å². The fraction of sp³-hybridized carbons (Fsp3) is 0.538. The highest BCUT2D eigenvalue weighted by Crippen LogP contribution is 2.32. The smallest absolute Gasteiger partial charge is 0.145 e. The lowest BCUT2D eigenvalue weighted by Crippen LogP contribution is -2.45. The number of nitrogens with zero attached hydrogens (tertiary/aromatic N) is 1. The number of halogens is 4. The number of hydrogen-bond donors (Lipinski definition) is 1. The minimum Gasteiger partial charge on any atom is -0.314 e. The van der Waals surface area contributed by atoms with Crippen molar-refractivity contribution in [2.75, 3.05) is 26.2 Å². The molecule has 6 heteroatoms. The minimum absolute atomic E-state index is 0. The second kappa shape index (κ2) is 7.53. The second-order valence-corrected chi connectivity index (χ2v) is 5.32. The lowest BCUT2D eigenvalue weighted by molar-refractivity contribution is 0.162. The van der Waals surface area contributed by atoms with Crippen LogP contribution in [0.3, 0.4) is 0 Å². The third-order valence-corrected chi connectivity index (χ3v) is 4.00. The molecule has 0 bridgehead atoms. The van der Waals surface area contributed by atoms with Crippen molar-refractivity contribution in [3.05, 3.63) is 33.8 Å². The third-order valence-electron chi connectivity index (χ3n) is 3.39. The van der Waals surface area contributed by atoms with Crippen molar-refractivity contribution >= 4 is 28.3 Å². The van der Waals surface area contributed by atoms with Gasteiger partial charge in [0.15, 0.2) is 0 Å². The molecule has 1 fully saturated rings. The van der Waals surface area contributed by atoms with Crippen molar-refractivity contribution < 1.29 is 8.78 Å². The van der Waals surface area contributed by atoms with E-state index in [0.717, 1.165) is 26.2 Å². The first-order valence-electron chi connectivity index (χ1n) is 6.23. The van der Waals surface area contributed by atoms with Gasteiger partial charge in [-0.05, 0) is 34.5 Å². The Morgan fingerprint density at radius 1 is 1.32 bits per heavy atom. The Balaban J connectivity index is 0.00000180. The van der Waals surface area contributed by atoms with E-state index in [-0.39, 0.29) is 24.0 Å². The quantitative estimate of drug-likeness (QED) is 0.835. The van der Waals surface area contributed by atoms with E-state index < -0.39 is 11.6 Å². The van der Waals surface area contributed by atoms with Gasteiger partial charge < -0.3 is 5.32 Å². The van der Waals surface area contributed by atoms with E-state index in [0.29, 0.717) is 10.9 Å². The summed E-state index contributed by atoms with van der Waals surface area (Å²) in [5.74, 6) is -0.929. The molecule has 1 aliphatic rings. The summed E-state index contributed by atoms with van der Waals surface area (Å²) in [4.78, 5) is 2.14. The van der Waals surface area contributed by atoms with Gasteiger partial charge in [0.25, 0.3) is 0 Å². The Kier molecular flexibility index (Phi) is 6.66. The Morgan fingerprint density at radius 2 is 1.95 bits per heavy atom. The summed E-state index contributed by atoms with van der Waals surface area (Å²) in [7, 11) is 0. The molecule has 0 aliphatic carbocycles. The monoisotopic (exact) mass is 354 g/mol. The van der Waals surface area contributed by atoms with Crippen LogP contribution in [-0.4, -0.2) is 31.1 Å². The molecule has 1 saturated heterocycles. The summed E-state index contributed by atoms with van der Waals surface area (Å²) in [6, 6.07) is 2.55. The van der Waals surface area contributed by atoms with Crippen molar-refractivity contribution in [1.82, 2.24) is 10.2 Å². The maximum absolute atomic E-state index is 14.1. The van der Waals surface area contributed by atoms with E-state index in [1.54, 1.807) is 0 Å². The maximum Gasteiger partial charge on any atom is 0.145 e. The number of piperazine rings is 1. The third kappa shape index (κ3) is 3.66. The van der Waals surface area contributed by atoms with Crippen molar-refractivity contribution in [1.29, 1.82) is 0 Å². The molecule has 19 heavy (non-hydrogen) atoms. The number of hydrogen-bond acceptors (Lipinski definition) is 2. The Morgan fingerprint density at radius 3 is 2.53 bits per heavy atom. The van der Waals surface area contributed by atoms with Crippen LogP contribution >= 0.6 is 28.3 Å². The highest BCUT2D eigenvalue weighted by Gasteiger charge is 2.26. The zero-order chi connectivity index (χ0) is 13.1. The molecular weight excluding hydrogens is 338 g/mol. The zero-order valence-electron chi connectivity index (χ0n) is 10.8. The van der Waals surface area contributed by atoms with Gasteiger partial charge in [-0.2, -0.15) is 0 Å². The SMILES string of the molecule is CC[C@@H](c1c(F)ccc(Br)c1F)N1CCNCC1.Cl. The molecule has 0 spiro atoms. The van der Waals surface area contributed by atoms with E-state index in [9.17, 15) is 8.78 Å². The van der Waals surface area contributed by atoms with Crippen LogP contribution in [0.4, 0.5) is 8.78 Å². The lowest BCUT2D eigenvalue weighted by atomic mass is 10.0. The highest BCUT2D eigenvalue weighted by atomic mass is 79.9. The van der Waals surface area contributed by atoms with E-state index >= 15 is 0 Å². The molecule has 0 amide bonds. The molecule has 0 radical (unpaired) electrons. The molecule has 0 saturated carbocycles. The van der Waals surface area contributed by atoms with Crippen molar-refractivity contribution in [3.8, 4) is 0 Å². The van der Waals surface area contributed by atoms with Crippen molar-refractivity contribution in [2.24, 2.45) is 0 Å². The minimum atomic E-state index is -0.472. The van der Waals surface area contributed by atoms with Crippen LogP contribution < -0.4 is 5.32 Å². The Bertz CT molecular complexity index is 425. The predicted octanol–water partition coefficient (Wildman–Crippen LogP) is 3.51. The van der Waals surface area contributed by atoms with Crippen LogP contribution in [0.5, 0.6) is 0 Å². The highest BCUT2D eigenvalue weighted by molar-refractivity contribution is 9.10. The molecule has 2 nitrogen and oxygen atoms in total. The van der Waals surface area contributed by atoms with E-state index in [4.69, 9.17) is 0 Å². The first kappa shape index (κ1) is 16.8. The van der Waals surface area contributed by atoms with Gasteiger partial charge in [-0.1, -0.05) is 6.92 Å². The Hall–Kier alpha value is -0.230. The fourth-order valence-corrected chi connectivity index (χ4v) is 2.83. The van der Waals surface area contributed by atoms with Crippen LogP contribution in [0.25, 0.3) is 0 Å². The van der Waals surface area contributed by atoms with Gasteiger partial charge in [0.1, 0.15) is 11.6 Å². The molecule has 1 aromatic carbocycles. The fourth-order valence-electron chi connectivity index (χ4n) is 2.49. The number of benzene rings is 1. The first-order chi connectivity index (χ1) is 8.65. The van der Waals surface area contributed by atoms with Crippen molar-refractivity contribution in [2.45, 2.75) is 19.4 Å². The molecule has 0 unspecified atom stereocenters. The van der Waals surface area contributed by atoms with Crippen LogP contribution in [0, 0.1) is 11.6 Å². The van der Waals surface area contributed by atoms with Gasteiger partial charge in [-0.3, -0.25) is 4.90 Å². The normalized spacial score (nSPS) is 17.9. The largest absolute Gasteiger partial charge is 0.314 e. The molecule has 108 valence electrons. The Labute approximate surface area is 127 Å². The van der Waals surface area contributed by atoms with Crippen molar-refractivity contribution in [3.63, 3.8) is 0 Å². The maximum atomic E-state index is 14.1. The lowest BCUT2D eigenvalue weighted by Gasteiger charge is -2.35. The van der Waals surface area contributed by atoms with E-state index in [1.165, 1.54) is 12.1 Å². The standard InChI is InChI=1S/C13H17BrF2N2.ClH/c1-2-11(18-7-5-17-6-8-18)12-10(15)4-3-9(14)13(12)16;/h3-4,11,17H,2,5-8H2,1H3;1H/t11-;/m0./s1. The second-order valence-electron chi connectivity index (χ2n) is 4.47. The first-order valence-corrected chi connectivity index (χ1v) is 7.02. The molecule has 1 aliphatic heterocycles. The number of rotatable bonds is 3. The average Bonchev–Trinajstić information content (AvgIpc) is 2.40. The van der Waals surface area contributed by atoms with E-state index in [1.807, 2.05) is 6.92 Å². The van der Waals surface area contributed by atoms with Gasteiger partial charge in [0, 0.05) is 37.8 Å². The zero-order valence-corrected chi connectivity index (χ0v) is 13.2. The average molecular weight is 356 g/mol. The van der Waals surface area contributed by atoms with Crippen LogP contribution in [0.2, 0.25) is 0 Å². The van der Waals surface area contributed by atoms with Gasteiger partial charge >= 0.3 is 0 Å². The summed E-state index contributed by atoms with van der Waals surface area (Å²) in [6.07, 6.45) is 0.699. The molecule has 1 aromatic rings. The molecule has 1 heterocycles. The molecular formula is C13H18BrClF2N2. The van der Waals surface area contributed by atoms with Crippen LogP contribution in [0.15, 0.2) is 16.6 Å². The van der Waals surface area contributed by atoms with Gasteiger partial charge in [-0.15, -0.1) is 12.4 Å². The van der Waals surface area contributed by atoms with Gasteiger partial charge in [0.2, 0.25) is 0 Å². The van der Waals surface area contributed by atoms with Gasteiger partial charge in [-0.25, -0.2) is 8.78 Å². The van der Waals surface area contributed by atoms with Crippen LogP contribution in [-0.2, 0) is 0 Å². The molecule has 0 aromatic heterocycles. The summed E-state index contributed by atoms with van der Waals surface area (Å²) >= 11 is 3.13. The van der Waals surface area contributed by atoms with E-state index in [2.05, 4.69) is 26.1 Å². The van der Waals surface area contributed by atoms with Gasteiger partial charge in [0.05, 0.1) is 4.47 Å². The summed E-state index contributed by atoms with van der Waals surface area (Å²) < 4.78 is 28.4. The van der Waals surface area contributed by atoms with Crippen LogP contribution in [0.1, 0.15) is 24.9 Å². The molecule has 2 rings (SSSR count). The summed E-state index contributed by atoms with van der Waals surface area (Å²) in [5, 5.41) is 3.25. The number of nitrogens with one attached hydrogen (secondary N) is 1.